The van der Waals surface area contributed by atoms with Gasteiger partial charge in [-0.05, 0) is 30.2 Å². The third kappa shape index (κ3) is 5.63. The van der Waals surface area contributed by atoms with Crippen LogP contribution < -0.4 is 21.4 Å². The third-order valence-corrected chi connectivity index (χ3v) is 4.96. The van der Waals surface area contributed by atoms with E-state index in [0.29, 0.717) is 12.3 Å². The molecule has 0 aliphatic rings. The van der Waals surface area contributed by atoms with Crippen molar-refractivity contribution in [3.63, 3.8) is 0 Å². The number of hydrogen-bond acceptors (Lipinski definition) is 7. The molecule has 9 heteroatoms. The lowest BCUT2D eigenvalue weighted by molar-refractivity contribution is -0.140. The van der Waals surface area contributed by atoms with Crippen molar-refractivity contribution >= 4 is 11.9 Å². The summed E-state index contributed by atoms with van der Waals surface area (Å²) in [7, 11) is 2.84. The van der Waals surface area contributed by atoms with Gasteiger partial charge in [0, 0.05) is 13.1 Å². The first-order valence-electron chi connectivity index (χ1n) is 10.1. The fourth-order valence-electron chi connectivity index (χ4n) is 3.14. The number of aryl methyl sites for hydroxylation is 1. The minimum absolute atomic E-state index is 0.103. The van der Waals surface area contributed by atoms with Crippen LogP contribution in [-0.4, -0.2) is 34.3 Å². The smallest absolute Gasteiger partial charge is 0.354 e. The van der Waals surface area contributed by atoms with E-state index in [1.165, 1.54) is 11.7 Å². The van der Waals surface area contributed by atoms with E-state index in [1.54, 1.807) is 7.11 Å². The predicted octanol–water partition coefficient (Wildman–Crippen LogP) is 1.95. The Hall–Kier alpha value is -3.88. The molecule has 0 spiro atoms. The number of hydrogen-bond donors (Lipinski definition) is 1. The average molecular weight is 438 g/mol. The SMILES string of the molecule is COC(=O)CCn1c(=O)nc(NCc2cccc(OC)c2)n(Cc2ccc(C)cc2)c1=O. The maximum Gasteiger partial charge on any atom is 0.354 e. The van der Waals surface area contributed by atoms with Gasteiger partial charge in [0.1, 0.15) is 5.75 Å². The van der Waals surface area contributed by atoms with Crippen molar-refractivity contribution in [2.24, 2.45) is 0 Å². The Kier molecular flexibility index (Phi) is 7.43. The summed E-state index contributed by atoms with van der Waals surface area (Å²) >= 11 is 0. The van der Waals surface area contributed by atoms with E-state index in [4.69, 9.17) is 4.74 Å². The van der Waals surface area contributed by atoms with Gasteiger partial charge in [-0.3, -0.25) is 9.36 Å². The molecule has 3 aromatic rings. The van der Waals surface area contributed by atoms with Crippen LogP contribution in [0, 0.1) is 6.92 Å². The second-order valence-electron chi connectivity index (χ2n) is 7.26. The summed E-state index contributed by atoms with van der Waals surface area (Å²) in [5, 5.41) is 3.09. The Morgan fingerprint density at radius 3 is 2.47 bits per heavy atom. The largest absolute Gasteiger partial charge is 0.497 e. The number of carbonyl (C=O) groups excluding carboxylic acids is 1. The van der Waals surface area contributed by atoms with Gasteiger partial charge in [0.05, 0.1) is 27.2 Å². The van der Waals surface area contributed by atoms with Gasteiger partial charge in [0.15, 0.2) is 0 Å². The molecule has 0 atom stereocenters. The molecule has 168 valence electrons. The van der Waals surface area contributed by atoms with Gasteiger partial charge in [-0.15, -0.1) is 0 Å². The maximum atomic E-state index is 13.2. The fourth-order valence-corrected chi connectivity index (χ4v) is 3.14. The Morgan fingerprint density at radius 1 is 1.03 bits per heavy atom. The van der Waals surface area contributed by atoms with Crippen LogP contribution in [0.15, 0.2) is 58.1 Å². The number of benzene rings is 2. The molecule has 0 unspecified atom stereocenters. The standard InChI is InChI=1S/C23H26N4O5/c1-16-7-9-17(10-8-16)15-27-21(24-14-18-5-4-6-19(13-18)31-2)25-22(29)26(23(27)30)12-11-20(28)32-3/h4-10,13H,11-12,14-15H2,1-3H3,(H,24,25,29). The van der Waals surface area contributed by atoms with Crippen molar-refractivity contribution in [3.05, 3.63) is 86.2 Å². The Labute approximate surface area is 185 Å². The van der Waals surface area contributed by atoms with Crippen LogP contribution in [-0.2, 0) is 29.2 Å². The third-order valence-electron chi connectivity index (χ3n) is 4.96. The zero-order chi connectivity index (χ0) is 23.1. The summed E-state index contributed by atoms with van der Waals surface area (Å²) in [6.07, 6.45) is -0.103. The zero-order valence-corrected chi connectivity index (χ0v) is 18.3. The van der Waals surface area contributed by atoms with Crippen molar-refractivity contribution in [1.29, 1.82) is 0 Å². The van der Waals surface area contributed by atoms with E-state index < -0.39 is 17.3 Å². The van der Waals surface area contributed by atoms with Crippen LogP contribution in [0.2, 0.25) is 0 Å². The molecule has 0 amide bonds. The lowest BCUT2D eigenvalue weighted by Gasteiger charge is -2.16. The molecule has 32 heavy (non-hydrogen) atoms. The molecule has 0 saturated heterocycles. The Morgan fingerprint density at radius 2 is 1.78 bits per heavy atom. The molecule has 0 radical (unpaired) electrons. The molecule has 0 bridgehead atoms. The number of rotatable bonds is 9. The second kappa shape index (κ2) is 10.4. The predicted molar refractivity (Wildman–Crippen MR) is 120 cm³/mol. The minimum Gasteiger partial charge on any atom is -0.497 e. The highest BCUT2D eigenvalue weighted by molar-refractivity contribution is 5.68. The summed E-state index contributed by atoms with van der Waals surface area (Å²) in [4.78, 5) is 41.3. The van der Waals surface area contributed by atoms with E-state index in [1.807, 2.05) is 55.5 Å². The lowest BCUT2D eigenvalue weighted by Crippen LogP contribution is -2.43. The van der Waals surface area contributed by atoms with Gasteiger partial charge >= 0.3 is 17.3 Å². The number of esters is 1. The summed E-state index contributed by atoms with van der Waals surface area (Å²) < 4.78 is 12.2. The lowest BCUT2D eigenvalue weighted by atomic mass is 10.1. The highest BCUT2D eigenvalue weighted by Crippen LogP contribution is 2.14. The first-order chi connectivity index (χ1) is 15.4. The molecule has 1 aromatic heterocycles. The fraction of sp³-hybridized carbons (Fsp3) is 0.304. The summed E-state index contributed by atoms with van der Waals surface area (Å²) in [6, 6.07) is 15.2. The minimum atomic E-state index is -0.729. The molecule has 1 N–H and O–H groups in total. The van der Waals surface area contributed by atoms with E-state index in [9.17, 15) is 14.4 Å². The summed E-state index contributed by atoms with van der Waals surface area (Å²) in [6.45, 7) is 2.42. The number of ether oxygens (including phenoxy) is 2. The Balaban J connectivity index is 1.96. The molecule has 0 aliphatic carbocycles. The van der Waals surface area contributed by atoms with Gasteiger partial charge in [-0.2, -0.15) is 4.98 Å². The summed E-state index contributed by atoms with van der Waals surface area (Å²) in [5.74, 6) is 0.340. The monoisotopic (exact) mass is 438 g/mol. The van der Waals surface area contributed by atoms with Crippen LogP contribution in [0.5, 0.6) is 5.75 Å². The molecule has 2 aromatic carbocycles. The number of nitrogens with zero attached hydrogens (tertiary/aromatic N) is 3. The second-order valence-corrected chi connectivity index (χ2v) is 7.26. The van der Waals surface area contributed by atoms with E-state index in [2.05, 4.69) is 15.0 Å². The number of carbonyl (C=O) groups is 1. The highest BCUT2D eigenvalue weighted by atomic mass is 16.5. The highest BCUT2D eigenvalue weighted by Gasteiger charge is 2.15. The van der Waals surface area contributed by atoms with Crippen LogP contribution in [0.3, 0.4) is 0 Å². The number of aromatic nitrogens is 3. The topological polar surface area (TPSA) is 104 Å². The zero-order valence-electron chi connectivity index (χ0n) is 18.3. The van der Waals surface area contributed by atoms with E-state index >= 15 is 0 Å². The van der Waals surface area contributed by atoms with Crippen molar-refractivity contribution in [2.75, 3.05) is 19.5 Å². The molecular formula is C23H26N4O5. The quantitative estimate of drug-likeness (QED) is 0.509. The van der Waals surface area contributed by atoms with Crippen molar-refractivity contribution in [2.45, 2.75) is 33.0 Å². The number of anilines is 1. The van der Waals surface area contributed by atoms with Crippen molar-refractivity contribution in [1.82, 2.24) is 14.1 Å². The van der Waals surface area contributed by atoms with Crippen molar-refractivity contribution < 1.29 is 14.3 Å². The summed E-state index contributed by atoms with van der Waals surface area (Å²) in [5.41, 5.74) is 1.59. The molecule has 1 heterocycles. The first kappa shape index (κ1) is 22.8. The van der Waals surface area contributed by atoms with Gasteiger partial charge in [-0.1, -0.05) is 42.0 Å². The van der Waals surface area contributed by atoms with Gasteiger partial charge in [-0.25, -0.2) is 14.2 Å². The van der Waals surface area contributed by atoms with Crippen LogP contribution in [0.4, 0.5) is 5.95 Å². The van der Waals surface area contributed by atoms with Crippen LogP contribution in [0.25, 0.3) is 0 Å². The molecule has 0 saturated carbocycles. The Bertz CT molecular complexity index is 1200. The number of methoxy groups -OCH3 is 2. The van der Waals surface area contributed by atoms with Crippen molar-refractivity contribution in [3.8, 4) is 5.75 Å². The van der Waals surface area contributed by atoms with E-state index in [0.717, 1.165) is 21.3 Å². The van der Waals surface area contributed by atoms with E-state index in [-0.39, 0.29) is 25.5 Å². The molecular weight excluding hydrogens is 412 g/mol. The van der Waals surface area contributed by atoms with Crippen LogP contribution >= 0.6 is 0 Å². The van der Waals surface area contributed by atoms with Crippen LogP contribution in [0.1, 0.15) is 23.1 Å². The maximum absolute atomic E-state index is 13.2. The molecule has 0 aliphatic heterocycles. The first-order valence-corrected chi connectivity index (χ1v) is 10.1. The molecule has 0 fully saturated rings. The normalized spacial score (nSPS) is 10.6. The average Bonchev–Trinajstić information content (AvgIpc) is 2.80. The molecule has 9 nitrogen and oxygen atoms in total. The van der Waals surface area contributed by atoms with Gasteiger partial charge in [0.2, 0.25) is 5.95 Å². The van der Waals surface area contributed by atoms with Gasteiger partial charge in [0.25, 0.3) is 0 Å². The number of nitrogens with one attached hydrogen (secondary N) is 1. The van der Waals surface area contributed by atoms with Gasteiger partial charge < -0.3 is 14.8 Å². The molecule has 3 rings (SSSR count).